The van der Waals surface area contributed by atoms with E-state index in [2.05, 4.69) is 4.72 Å². The first kappa shape index (κ1) is 16.5. The number of hydrogen-bond donors (Lipinski definition) is 1. The second-order valence-electron chi connectivity index (χ2n) is 5.69. The highest BCUT2D eigenvalue weighted by Crippen LogP contribution is 2.15. The summed E-state index contributed by atoms with van der Waals surface area (Å²) in [7, 11) is -1.88. The number of fused-ring (bicyclic) bond motifs is 1. The molecule has 0 saturated carbocycles. The maximum atomic E-state index is 12.2. The number of nitrogens with zero attached hydrogens (tertiary/aromatic N) is 1. The zero-order valence-electron chi connectivity index (χ0n) is 13.4. The fraction of sp³-hybridized carbons (Fsp3) is 0.235. The highest BCUT2D eigenvalue weighted by molar-refractivity contribution is 7.89. The molecule has 1 N–H and O–H groups in total. The van der Waals surface area contributed by atoms with Crippen molar-refractivity contribution >= 4 is 21.1 Å². The van der Waals surface area contributed by atoms with Crippen LogP contribution in [0.5, 0.6) is 0 Å². The molecule has 0 amide bonds. The Hall–Kier alpha value is -2.38. The minimum Gasteiger partial charge on any atom is -0.408 e. The Bertz CT molecular complexity index is 1030. The van der Waals surface area contributed by atoms with Crippen molar-refractivity contribution in [2.75, 3.05) is 6.54 Å². The normalized spacial score (nSPS) is 11.9. The average Bonchev–Trinajstić information content (AvgIpc) is 2.82. The Morgan fingerprint density at radius 1 is 1.12 bits per heavy atom. The third kappa shape index (κ3) is 3.27. The lowest BCUT2D eigenvalue weighted by atomic mass is 10.1. The summed E-state index contributed by atoms with van der Waals surface area (Å²) in [4.78, 5) is 11.7. The Balaban J connectivity index is 1.69. The van der Waals surface area contributed by atoms with Gasteiger partial charge < -0.3 is 4.42 Å². The monoisotopic (exact) mass is 346 g/mol. The molecule has 0 unspecified atom stereocenters. The van der Waals surface area contributed by atoms with E-state index in [1.54, 1.807) is 43.4 Å². The second kappa shape index (κ2) is 6.26. The molecular formula is C17H18N2O4S. The van der Waals surface area contributed by atoms with E-state index in [1.165, 1.54) is 4.57 Å². The van der Waals surface area contributed by atoms with Crippen molar-refractivity contribution in [1.29, 1.82) is 0 Å². The van der Waals surface area contributed by atoms with Gasteiger partial charge in [-0.05, 0) is 43.2 Å². The van der Waals surface area contributed by atoms with Gasteiger partial charge in [0.1, 0.15) is 0 Å². The van der Waals surface area contributed by atoms with E-state index in [9.17, 15) is 13.2 Å². The minimum atomic E-state index is -3.52. The minimum absolute atomic E-state index is 0.248. The molecule has 0 fully saturated rings. The van der Waals surface area contributed by atoms with Gasteiger partial charge in [-0.1, -0.05) is 23.8 Å². The predicted molar refractivity (Wildman–Crippen MR) is 91.5 cm³/mol. The number of rotatable bonds is 5. The number of sulfonamides is 1. The molecular weight excluding hydrogens is 328 g/mol. The summed E-state index contributed by atoms with van der Waals surface area (Å²) in [6, 6.07) is 12.1. The molecule has 7 heteroatoms. The third-order valence-corrected chi connectivity index (χ3v) is 5.37. The third-order valence-electron chi connectivity index (χ3n) is 3.89. The smallest absolute Gasteiger partial charge is 0.408 e. The summed E-state index contributed by atoms with van der Waals surface area (Å²) in [6.07, 6.45) is 0.500. The van der Waals surface area contributed by atoms with Crippen molar-refractivity contribution in [3.05, 3.63) is 64.1 Å². The van der Waals surface area contributed by atoms with E-state index >= 15 is 0 Å². The highest BCUT2D eigenvalue weighted by Gasteiger charge is 2.13. The van der Waals surface area contributed by atoms with Crippen molar-refractivity contribution in [2.45, 2.75) is 18.2 Å². The van der Waals surface area contributed by atoms with Crippen LogP contribution >= 0.6 is 0 Å². The van der Waals surface area contributed by atoms with Crippen LogP contribution < -0.4 is 10.5 Å². The molecule has 3 rings (SSSR count). The van der Waals surface area contributed by atoms with Crippen LogP contribution in [0, 0.1) is 6.92 Å². The predicted octanol–water partition coefficient (Wildman–Crippen LogP) is 1.96. The van der Waals surface area contributed by atoms with Crippen molar-refractivity contribution in [1.82, 2.24) is 9.29 Å². The topological polar surface area (TPSA) is 81.3 Å². The molecule has 0 atom stereocenters. The van der Waals surface area contributed by atoms with Gasteiger partial charge in [-0.2, -0.15) is 0 Å². The van der Waals surface area contributed by atoms with E-state index in [0.29, 0.717) is 17.5 Å². The molecule has 2 aromatic carbocycles. The number of benzene rings is 2. The number of oxazole rings is 1. The summed E-state index contributed by atoms with van der Waals surface area (Å²) >= 11 is 0. The number of hydrogen-bond acceptors (Lipinski definition) is 4. The molecule has 1 heterocycles. The molecule has 0 aliphatic carbocycles. The largest absolute Gasteiger partial charge is 0.419 e. The summed E-state index contributed by atoms with van der Waals surface area (Å²) in [5, 5.41) is 0. The quantitative estimate of drug-likeness (QED) is 0.766. The molecule has 0 radical (unpaired) electrons. The zero-order valence-corrected chi connectivity index (χ0v) is 14.3. The highest BCUT2D eigenvalue weighted by atomic mass is 32.2. The first-order valence-corrected chi connectivity index (χ1v) is 9.00. The van der Waals surface area contributed by atoms with Crippen LogP contribution in [0.3, 0.4) is 0 Å². The van der Waals surface area contributed by atoms with Crippen molar-refractivity contribution in [2.24, 2.45) is 7.05 Å². The van der Waals surface area contributed by atoms with Crippen LogP contribution in [0.25, 0.3) is 11.1 Å². The summed E-state index contributed by atoms with van der Waals surface area (Å²) < 4.78 is 33.6. The van der Waals surface area contributed by atoms with Crippen LogP contribution in [0.2, 0.25) is 0 Å². The molecule has 126 valence electrons. The molecule has 3 aromatic rings. The van der Waals surface area contributed by atoms with Crippen molar-refractivity contribution in [3.8, 4) is 0 Å². The van der Waals surface area contributed by atoms with Crippen LogP contribution in [0.4, 0.5) is 0 Å². The van der Waals surface area contributed by atoms with Gasteiger partial charge in [-0.3, -0.25) is 4.57 Å². The molecule has 6 nitrogen and oxygen atoms in total. The first-order valence-electron chi connectivity index (χ1n) is 7.51. The van der Waals surface area contributed by atoms with Crippen molar-refractivity contribution in [3.63, 3.8) is 0 Å². The second-order valence-corrected chi connectivity index (χ2v) is 7.46. The summed E-state index contributed by atoms with van der Waals surface area (Å²) in [6.45, 7) is 2.17. The standard InChI is InChI=1S/C17H18N2O4S/c1-12-3-6-14(7-4-12)24(21,22)18-10-9-13-5-8-15-16(11-13)23-17(20)19(15)2/h3-8,11,18H,9-10H2,1-2H3. The number of nitrogens with one attached hydrogen (secondary N) is 1. The van der Waals surface area contributed by atoms with Crippen LogP contribution in [-0.2, 0) is 23.5 Å². The molecule has 0 saturated heterocycles. The molecule has 24 heavy (non-hydrogen) atoms. The Morgan fingerprint density at radius 3 is 2.54 bits per heavy atom. The van der Waals surface area contributed by atoms with Gasteiger partial charge in [-0.15, -0.1) is 0 Å². The van der Waals surface area contributed by atoms with Crippen molar-refractivity contribution < 1.29 is 12.8 Å². The fourth-order valence-corrected chi connectivity index (χ4v) is 3.50. The van der Waals surface area contributed by atoms with E-state index in [0.717, 1.165) is 11.1 Å². The lowest BCUT2D eigenvalue weighted by Gasteiger charge is -2.07. The fourth-order valence-electron chi connectivity index (χ4n) is 2.46. The van der Waals surface area contributed by atoms with E-state index in [4.69, 9.17) is 4.42 Å². The maximum absolute atomic E-state index is 12.2. The molecule has 0 aliphatic rings. The van der Waals surface area contributed by atoms with E-state index < -0.39 is 15.8 Å². The van der Waals surface area contributed by atoms with Crippen LogP contribution in [-0.4, -0.2) is 19.5 Å². The Morgan fingerprint density at radius 2 is 1.83 bits per heavy atom. The summed E-state index contributed by atoms with van der Waals surface area (Å²) in [5.74, 6) is -0.415. The van der Waals surface area contributed by atoms with Gasteiger partial charge in [0.2, 0.25) is 10.0 Å². The zero-order chi connectivity index (χ0) is 17.3. The van der Waals surface area contributed by atoms with Crippen LogP contribution in [0.1, 0.15) is 11.1 Å². The van der Waals surface area contributed by atoms with Gasteiger partial charge in [0.15, 0.2) is 5.58 Å². The maximum Gasteiger partial charge on any atom is 0.419 e. The van der Waals surface area contributed by atoms with Gasteiger partial charge in [0, 0.05) is 13.6 Å². The molecule has 0 aliphatic heterocycles. The lowest BCUT2D eigenvalue weighted by molar-refractivity contribution is 0.528. The number of aromatic nitrogens is 1. The van der Waals surface area contributed by atoms with E-state index in [-0.39, 0.29) is 11.4 Å². The van der Waals surface area contributed by atoms with Gasteiger partial charge in [-0.25, -0.2) is 17.9 Å². The van der Waals surface area contributed by atoms with E-state index in [1.807, 2.05) is 13.0 Å². The molecule has 1 aromatic heterocycles. The first-order chi connectivity index (χ1) is 11.4. The average molecular weight is 346 g/mol. The molecule has 0 bridgehead atoms. The van der Waals surface area contributed by atoms with Gasteiger partial charge >= 0.3 is 5.76 Å². The Labute approximate surface area is 139 Å². The van der Waals surface area contributed by atoms with Gasteiger partial charge in [0.25, 0.3) is 0 Å². The Kier molecular flexibility index (Phi) is 4.29. The number of aryl methyl sites for hydroxylation is 2. The van der Waals surface area contributed by atoms with Crippen LogP contribution in [0.15, 0.2) is 56.6 Å². The van der Waals surface area contributed by atoms with Gasteiger partial charge in [0.05, 0.1) is 10.4 Å². The lowest BCUT2D eigenvalue weighted by Crippen LogP contribution is -2.25. The summed E-state index contributed by atoms with van der Waals surface area (Å²) in [5.41, 5.74) is 3.11. The SMILES string of the molecule is Cc1ccc(S(=O)(=O)NCCc2ccc3c(c2)oc(=O)n3C)cc1. The molecule has 0 spiro atoms.